The second kappa shape index (κ2) is 8.41. The highest BCUT2D eigenvalue weighted by atomic mass is 32.1. The number of aromatic nitrogens is 2. The fourth-order valence-electron chi connectivity index (χ4n) is 2.61. The van der Waals surface area contributed by atoms with Crippen molar-refractivity contribution in [3.63, 3.8) is 0 Å². The van der Waals surface area contributed by atoms with E-state index < -0.39 is 5.91 Å². The minimum atomic E-state index is -0.475. The zero-order valence-corrected chi connectivity index (χ0v) is 15.5. The lowest BCUT2D eigenvalue weighted by atomic mass is 10.1. The molecule has 0 aliphatic rings. The van der Waals surface area contributed by atoms with E-state index in [-0.39, 0.29) is 16.4 Å². The zero-order valence-electron chi connectivity index (χ0n) is 14.7. The van der Waals surface area contributed by atoms with Crippen molar-refractivity contribution in [1.29, 1.82) is 0 Å². The smallest absolute Gasteiger partial charge is 0.290 e. The van der Waals surface area contributed by atoms with Crippen molar-refractivity contribution in [3.05, 3.63) is 76.2 Å². The lowest BCUT2D eigenvalue weighted by Gasteiger charge is -2.13. The molecule has 0 aliphatic carbocycles. The van der Waals surface area contributed by atoms with Gasteiger partial charge in [0, 0.05) is 18.5 Å². The first-order chi connectivity index (χ1) is 13.1. The molecule has 0 aliphatic heterocycles. The first-order valence-electron chi connectivity index (χ1n) is 8.48. The molecule has 0 spiro atoms. The van der Waals surface area contributed by atoms with Gasteiger partial charge in [0.25, 0.3) is 11.5 Å². The van der Waals surface area contributed by atoms with Gasteiger partial charge in [-0.05, 0) is 30.8 Å². The predicted molar refractivity (Wildman–Crippen MR) is 108 cm³/mol. The van der Waals surface area contributed by atoms with Crippen molar-refractivity contribution in [2.24, 2.45) is 0 Å². The third-order valence-corrected chi connectivity index (χ3v) is 4.21. The van der Waals surface area contributed by atoms with Gasteiger partial charge in [0.2, 0.25) is 0 Å². The Morgan fingerprint density at radius 3 is 2.41 bits per heavy atom. The third-order valence-electron chi connectivity index (χ3n) is 3.97. The fourth-order valence-corrected chi connectivity index (χ4v) is 2.74. The van der Waals surface area contributed by atoms with Crippen molar-refractivity contribution in [2.75, 3.05) is 0 Å². The van der Waals surface area contributed by atoms with Gasteiger partial charge < -0.3 is 5.32 Å². The number of aryl methyl sites for hydroxylation is 1. The van der Waals surface area contributed by atoms with Gasteiger partial charge >= 0.3 is 0 Å². The maximum atomic E-state index is 12.6. The van der Waals surface area contributed by atoms with Crippen LogP contribution in [-0.2, 0) is 13.1 Å². The highest BCUT2D eigenvalue weighted by Crippen LogP contribution is 2.12. The molecule has 0 bridgehead atoms. The maximum absolute atomic E-state index is 12.6. The number of nitrogens with one attached hydrogen (secondary N) is 3. The molecule has 0 radical (unpaired) electrons. The van der Waals surface area contributed by atoms with Crippen LogP contribution in [0.15, 0.2) is 59.4 Å². The number of hydrazine groups is 1. The molecule has 0 atom stereocenters. The van der Waals surface area contributed by atoms with E-state index in [9.17, 15) is 9.59 Å². The molecule has 8 heteroatoms. The average molecular weight is 381 g/mol. The molecule has 1 amide bonds. The van der Waals surface area contributed by atoms with Crippen molar-refractivity contribution >= 4 is 34.0 Å². The minimum Gasteiger partial charge on any atom is -0.357 e. The van der Waals surface area contributed by atoms with E-state index in [1.807, 2.05) is 30.3 Å². The molecule has 0 saturated carbocycles. The van der Waals surface area contributed by atoms with E-state index in [0.29, 0.717) is 23.9 Å². The Balaban J connectivity index is 1.70. The SMILES string of the molecule is CCn1nc(C(=O)NNC(=S)NCc2ccccc2)c2ccccc2c1=O. The standard InChI is InChI=1S/C19H19N5O2S/c1-2-24-18(26)15-11-7-6-10-14(15)16(23-24)17(25)21-22-19(27)20-12-13-8-4-3-5-9-13/h3-11H,2,12H2,1H3,(H,21,25)(H2,20,22,27). The van der Waals surface area contributed by atoms with Crippen LogP contribution < -0.4 is 21.7 Å². The number of rotatable bonds is 4. The number of nitrogens with zero attached hydrogens (tertiary/aromatic N) is 2. The monoisotopic (exact) mass is 381 g/mol. The van der Waals surface area contributed by atoms with Gasteiger partial charge in [-0.25, -0.2) is 4.68 Å². The van der Waals surface area contributed by atoms with Crippen molar-refractivity contribution < 1.29 is 4.79 Å². The Morgan fingerprint density at radius 1 is 1.04 bits per heavy atom. The van der Waals surface area contributed by atoms with Gasteiger partial charge in [-0.3, -0.25) is 20.4 Å². The Kier molecular flexibility index (Phi) is 5.77. The summed E-state index contributed by atoms with van der Waals surface area (Å²) >= 11 is 5.17. The molecule has 7 nitrogen and oxygen atoms in total. The van der Waals surface area contributed by atoms with Crippen molar-refractivity contribution in [2.45, 2.75) is 20.0 Å². The van der Waals surface area contributed by atoms with E-state index in [4.69, 9.17) is 12.2 Å². The number of thiocarbonyl (C=S) groups is 1. The predicted octanol–water partition coefficient (Wildman–Crippen LogP) is 1.73. The normalized spacial score (nSPS) is 10.4. The van der Waals surface area contributed by atoms with Crippen LogP contribution in [0, 0.1) is 0 Å². The van der Waals surface area contributed by atoms with Crippen LogP contribution in [0.25, 0.3) is 10.8 Å². The first kappa shape index (κ1) is 18.5. The van der Waals surface area contributed by atoms with E-state index >= 15 is 0 Å². The van der Waals surface area contributed by atoms with Crippen LogP contribution in [0.2, 0.25) is 0 Å². The molecule has 2 aromatic carbocycles. The number of carbonyl (C=O) groups excluding carboxylic acids is 1. The summed E-state index contributed by atoms with van der Waals surface area (Å²) in [5.74, 6) is -0.475. The molecule has 0 saturated heterocycles. The molecule has 3 N–H and O–H groups in total. The molecule has 27 heavy (non-hydrogen) atoms. The summed E-state index contributed by atoms with van der Waals surface area (Å²) in [6.45, 7) is 2.70. The van der Waals surface area contributed by atoms with Gasteiger partial charge in [-0.2, -0.15) is 5.10 Å². The van der Waals surface area contributed by atoms with Crippen LogP contribution in [0.3, 0.4) is 0 Å². The zero-order chi connectivity index (χ0) is 19.2. The molecule has 3 rings (SSSR count). The first-order valence-corrected chi connectivity index (χ1v) is 8.89. The molecule has 0 unspecified atom stereocenters. The number of fused-ring (bicyclic) bond motifs is 1. The summed E-state index contributed by atoms with van der Waals surface area (Å²) in [7, 11) is 0. The maximum Gasteiger partial charge on any atom is 0.290 e. The van der Waals surface area contributed by atoms with E-state index in [1.54, 1.807) is 31.2 Å². The van der Waals surface area contributed by atoms with E-state index in [1.165, 1.54) is 4.68 Å². The highest BCUT2D eigenvalue weighted by molar-refractivity contribution is 7.80. The van der Waals surface area contributed by atoms with Crippen LogP contribution >= 0.6 is 12.2 Å². The summed E-state index contributed by atoms with van der Waals surface area (Å²) in [4.78, 5) is 24.9. The summed E-state index contributed by atoms with van der Waals surface area (Å²) in [5.41, 5.74) is 6.19. The van der Waals surface area contributed by atoms with Crippen molar-refractivity contribution in [3.8, 4) is 0 Å². The quantitative estimate of drug-likeness (QED) is 0.471. The van der Waals surface area contributed by atoms with Crippen LogP contribution in [0.5, 0.6) is 0 Å². The summed E-state index contributed by atoms with van der Waals surface area (Å²) in [5, 5.41) is 8.40. The third kappa shape index (κ3) is 4.29. The topological polar surface area (TPSA) is 88.1 Å². The number of benzene rings is 2. The van der Waals surface area contributed by atoms with Crippen molar-refractivity contribution in [1.82, 2.24) is 25.9 Å². The van der Waals surface area contributed by atoms with Crippen LogP contribution in [-0.4, -0.2) is 20.8 Å². The lowest BCUT2D eigenvalue weighted by molar-refractivity contribution is 0.0938. The molecular formula is C19H19N5O2S. The Hall–Kier alpha value is -3.26. The van der Waals surface area contributed by atoms with E-state index in [0.717, 1.165) is 5.56 Å². The molecular weight excluding hydrogens is 362 g/mol. The van der Waals surface area contributed by atoms with Crippen LogP contribution in [0.1, 0.15) is 23.0 Å². The highest BCUT2D eigenvalue weighted by Gasteiger charge is 2.16. The fraction of sp³-hybridized carbons (Fsp3) is 0.158. The number of amides is 1. The van der Waals surface area contributed by atoms with Gasteiger partial charge in [-0.15, -0.1) is 0 Å². The minimum absolute atomic E-state index is 0.158. The number of hydrogen-bond donors (Lipinski definition) is 3. The molecule has 0 fully saturated rings. The van der Waals surface area contributed by atoms with Gasteiger partial charge in [-0.1, -0.05) is 48.5 Å². The van der Waals surface area contributed by atoms with Gasteiger partial charge in [0.05, 0.1) is 5.39 Å². The number of hydrogen-bond acceptors (Lipinski definition) is 4. The Bertz CT molecular complexity index is 1030. The molecule has 1 aromatic heterocycles. The summed E-state index contributed by atoms with van der Waals surface area (Å²) < 4.78 is 1.27. The summed E-state index contributed by atoms with van der Waals surface area (Å²) in [6, 6.07) is 16.7. The number of carbonyl (C=O) groups is 1. The van der Waals surface area contributed by atoms with E-state index in [2.05, 4.69) is 21.3 Å². The largest absolute Gasteiger partial charge is 0.357 e. The second-order valence-electron chi connectivity index (χ2n) is 5.76. The molecule has 138 valence electrons. The molecule has 1 heterocycles. The van der Waals surface area contributed by atoms with Gasteiger partial charge in [0.15, 0.2) is 10.8 Å². The molecule has 3 aromatic rings. The second-order valence-corrected chi connectivity index (χ2v) is 6.17. The summed E-state index contributed by atoms with van der Waals surface area (Å²) in [6.07, 6.45) is 0. The Morgan fingerprint density at radius 2 is 1.70 bits per heavy atom. The lowest BCUT2D eigenvalue weighted by Crippen LogP contribution is -2.47. The Labute approximate surface area is 161 Å². The van der Waals surface area contributed by atoms with Gasteiger partial charge in [0.1, 0.15) is 0 Å². The average Bonchev–Trinajstić information content (AvgIpc) is 2.71. The van der Waals surface area contributed by atoms with Crippen LogP contribution in [0.4, 0.5) is 0 Å².